The molecule has 0 fully saturated rings. The molecule has 0 saturated carbocycles. The van der Waals surface area contributed by atoms with Crippen molar-refractivity contribution in [1.29, 1.82) is 0 Å². The van der Waals surface area contributed by atoms with Crippen LogP contribution in [-0.4, -0.2) is 32.0 Å². The van der Waals surface area contributed by atoms with Crippen LogP contribution in [0.2, 0.25) is 0 Å². The molecule has 1 aromatic rings. The van der Waals surface area contributed by atoms with E-state index in [1.807, 2.05) is 32.0 Å². The normalized spacial score (nSPS) is 14.0. The van der Waals surface area contributed by atoms with E-state index < -0.39 is 0 Å². The maximum Gasteiger partial charge on any atom is 0.240 e. The number of anilines is 2. The Morgan fingerprint density at radius 1 is 1.33 bits per heavy atom. The minimum atomic E-state index is -0.0635. The molecule has 0 atom stereocenters. The molecule has 5 nitrogen and oxygen atoms in total. The van der Waals surface area contributed by atoms with Crippen LogP contribution in [0.1, 0.15) is 25.8 Å². The van der Waals surface area contributed by atoms with Gasteiger partial charge < -0.3 is 15.5 Å². The highest BCUT2D eigenvalue weighted by molar-refractivity contribution is 5.99. The Labute approximate surface area is 125 Å². The van der Waals surface area contributed by atoms with E-state index in [1.54, 1.807) is 11.9 Å². The molecular formula is C16H23N3O2. The molecule has 1 heterocycles. The number of likely N-dealkylation sites (N-methyl/N-ethyl adjacent to an activating group) is 1. The summed E-state index contributed by atoms with van der Waals surface area (Å²) < 4.78 is 0. The van der Waals surface area contributed by atoms with Gasteiger partial charge in [-0.05, 0) is 37.6 Å². The minimum absolute atomic E-state index is 0.00192. The number of amides is 2. The maximum atomic E-state index is 12.2. The van der Waals surface area contributed by atoms with Gasteiger partial charge in [-0.2, -0.15) is 0 Å². The van der Waals surface area contributed by atoms with Crippen LogP contribution in [0.15, 0.2) is 18.2 Å². The number of nitrogens with zero attached hydrogens (tertiary/aromatic N) is 1. The standard InChI is InChI=1S/C16H23N3O2/c1-11(2)16(21)18-13-7-4-8-14-12(13)6-5-9-19(14)15(20)10-17-3/h4,7-8,11,17H,5-6,9-10H2,1-3H3,(H,18,21). The predicted molar refractivity (Wildman–Crippen MR) is 84.5 cm³/mol. The molecule has 2 N–H and O–H groups in total. The van der Waals surface area contributed by atoms with Crippen molar-refractivity contribution in [3.63, 3.8) is 0 Å². The Kier molecular flexibility index (Phi) is 4.96. The van der Waals surface area contributed by atoms with E-state index in [4.69, 9.17) is 0 Å². The van der Waals surface area contributed by atoms with E-state index in [2.05, 4.69) is 10.6 Å². The van der Waals surface area contributed by atoms with Crippen LogP contribution in [0.3, 0.4) is 0 Å². The van der Waals surface area contributed by atoms with Crippen LogP contribution in [0, 0.1) is 5.92 Å². The first-order valence-electron chi connectivity index (χ1n) is 7.42. The van der Waals surface area contributed by atoms with Gasteiger partial charge in [0.25, 0.3) is 0 Å². The van der Waals surface area contributed by atoms with Crippen LogP contribution in [0.25, 0.3) is 0 Å². The molecule has 0 bridgehead atoms. The molecule has 21 heavy (non-hydrogen) atoms. The zero-order chi connectivity index (χ0) is 15.4. The number of fused-ring (bicyclic) bond motifs is 1. The van der Waals surface area contributed by atoms with E-state index in [-0.39, 0.29) is 17.7 Å². The lowest BCUT2D eigenvalue weighted by molar-refractivity contribution is -0.119. The largest absolute Gasteiger partial charge is 0.326 e. The van der Waals surface area contributed by atoms with Gasteiger partial charge in [-0.15, -0.1) is 0 Å². The van der Waals surface area contributed by atoms with Crippen LogP contribution < -0.4 is 15.5 Å². The van der Waals surface area contributed by atoms with Crippen molar-refractivity contribution in [3.8, 4) is 0 Å². The summed E-state index contributed by atoms with van der Waals surface area (Å²) in [4.78, 5) is 25.9. The average molecular weight is 289 g/mol. The lowest BCUT2D eigenvalue weighted by Gasteiger charge is -2.31. The molecule has 1 aliphatic rings. The van der Waals surface area contributed by atoms with Crippen molar-refractivity contribution in [3.05, 3.63) is 23.8 Å². The number of carbonyl (C=O) groups excluding carboxylic acids is 2. The van der Waals surface area contributed by atoms with Gasteiger partial charge in [-0.3, -0.25) is 9.59 Å². The van der Waals surface area contributed by atoms with E-state index in [0.717, 1.165) is 36.3 Å². The quantitative estimate of drug-likeness (QED) is 0.888. The van der Waals surface area contributed by atoms with Crippen molar-refractivity contribution in [2.75, 3.05) is 30.4 Å². The van der Waals surface area contributed by atoms with Gasteiger partial charge in [0, 0.05) is 23.8 Å². The van der Waals surface area contributed by atoms with Crippen LogP contribution in [-0.2, 0) is 16.0 Å². The number of hydrogen-bond donors (Lipinski definition) is 2. The first-order chi connectivity index (χ1) is 10.0. The molecule has 0 spiro atoms. The molecular weight excluding hydrogens is 266 g/mol. The highest BCUT2D eigenvalue weighted by Crippen LogP contribution is 2.33. The third-order valence-corrected chi connectivity index (χ3v) is 3.66. The first kappa shape index (κ1) is 15.5. The topological polar surface area (TPSA) is 61.4 Å². The van der Waals surface area contributed by atoms with Gasteiger partial charge in [0.15, 0.2) is 0 Å². The summed E-state index contributed by atoms with van der Waals surface area (Å²) in [7, 11) is 1.77. The molecule has 0 aromatic heterocycles. The molecule has 2 rings (SSSR count). The predicted octanol–water partition coefficient (Wildman–Crippen LogP) is 1.78. The summed E-state index contributed by atoms with van der Waals surface area (Å²) >= 11 is 0. The Morgan fingerprint density at radius 3 is 2.76 bits per heavy atom. The molecule has 0 saturated heterocycles. The van der Waals surface area contributed by atoms with Gasteiger partial charge >= 0.3 is 0 Å². The minimum Gasteiger partial charge on any atom is -0.326 e. The van der Waals surface area contributed by atoms with E-state index in [0.29, 0.717) is 6.54 Å². The van der Waals surface area contributed by atoms with Crippen molar-refractivity contribution in [2.45, 2.75) is 26.7 Å². The molecule has 0 unspecified atom stereocenters. The molecule has 114 valence electrons. The highest BCUT2D eigenvalue weighted by Gasteiger charge is 2.24. The fraction of sp³-hybridized carbons (Fsp3) is 0.500. The Bertz CT molecular complexity index is 540. The van der Waals surface area contributed by atoms with Gasteiger partial charge in [0.1, 0.15) is 0 Å². The molecule has 1 aliphatic heterocycles. The lowest BCUT2D eigenvalue weighted by atomic mass is 9.99. The third kappa shape index (κ3) is 3.42. The number of rotatable bonds is 4. The summed E-state index contributed by atoms with van der Waals surface area (Å²) in [6, 6.07) is 5.75. The Hall–Kier alpha value is -1.88. The molecule has 0 radical (unpaired) electrons. The zero-order valence-electron chi connectivity index (χ0n) is 12.9. The fourth-order valence-corrected chi connectivity index (χ4v) is 2.52. The first-order valence-corrected chi connectivity index (χ1v) is 7.42. The Balaban J connectivity index is 2.30. The van der Waals surface area contributed by atoms with E-state index in [1.165, 1.54) is 0 Å². The summed E-state index contributed by atoms with van der Waals surface area (Å²) in [6.07, 6.45) is 1.80. The fourth-order valence-electron chi connectivity index (χ4n) is 2.52. The summed E-state index contributed by atoms with van der Waals surface area (Å²) in [5, 5.41) is 5.86. The average Bonchev–Trinajstić information content (AvgIpc) is 2.47. The number of nitrogens with one attached hydrogen (secondary N) is 2. The third-order valence-electron chi connectivity index (χ3n) is 3.66. The van der Waals surface area contributed by atoms with Gasteiger partial charge in [-0.1, -0.05) is 19.9 Å². The monoisotopic (exact) mass is 289 g/mol. The number of carbonyl (C=O) groups is 2. The SMILES string of the molecule is CNCC(=O)N1CCCc2c(NC(=O)C(C)C)cccc21. The summed E-state index contributed by atoms with van der Waals surface area (Å²) in [5.74, 6) is -0.000617. The molecule has 2 amide bonds. The second kappa shape index (κ2) is 6.72. The van der Waals surface area contributed by atoms with Gasteiger partial charge in [-0.25, -0.2) is 0 Å². The second-order valence-electron chi connectivity index (χ2n) is 5.63. The van der Waals surface area contributed by atoms with Crippen molar-refractivity contribution >= 4 is 23.2 Å². The van der Waals surface area contributed by atoms with E-state index in [9.17, 15) is 9.59 Å². The zero-order valence-corrected chi connectivity index (χ0v) is 12.9. The van der Waals surface area contributed by atoms with Crippen LogP contribution >= 0.6 is 0 Å². The van der Waals surface area contributed by atoms with Crippen molar-refractivity contribution in [1.82, 2.24) is 5.32 Å². The maximum absolute atomic E-state index is 12.2. The van der Waals surface area contributed by atoms with E-state index >= 15 is 0 Å². The van der Waals surface area contributed by atoms with Crippen LogP contribution in [0.5, 0.6) is 0 Å². The molecule has 0 aliphatic carbocycles. The highest BCUT2D eigenvalue weighted by atomic mass is 16.2. The molecule has 1 aromatic carbocycles. The van der Waals surface area contributed by atoms with Gasteiger partial charge in [0.2, 0.25) is 11.8 Å². The Morgan fingerprint density at radius 2 is 2.10 bits per heavy atom. The summed E-state index contributed by atoms with van der Waals surface area (Å²) in [6.45, 7) is 4.79. The number of hydrogen-bond acceptors (Lipinski definition) is 3. The summed E-state index contributed by atoms with van der Waals surface area (Å²) in [5.41, 5.74) is 2.80. The number of benzene rings is 1. The van der Waals surface area contributed by atoms with Crippen molar-refractivity contribution in [2.24, 2.45) is 5.92 Å². The smallest absolute Gasteiger partial charge is 0.240 e. The van der Waals surface area contributed by atoms with Gasteiger partial charge in [0.05, 0.1) is 6.54 Å². The molecule has 5 heteroatoms. The van der Waals surface area contributed by atoms with Crippen molar-refractivity contribution < 1.29 is 9.59 Å². The van der Waals surface area contributed by atoms with Crippen LogP contribution in [0.4, 0.5) is 11.4 Å². The lowest BCUT2D eigenvalue weighted by Crippen LogP contribution is -2.40. The second-order valence-corrected chi connectivity index (χ2v) is 5.63.